The summed E-state index contributed by atoms with van der Waals surface area (Å²) in [4.78, 5) is 17.1. The van der Waals surface area contributed by atoms with Crippen molar-refractivity contribution in [2.24, 2.45) is 4.99 Å². The van der Waals surface area contributed by atoms with Crippen molar-refractivity contribution >= 4 is 43.9 Å². The normalized spacial score (nSPS) is 13.8. The van der Waals surface area contributed by atoms with Crippen LogP contribution in [0.25, 0.3) is 5.78 Å². The van der Waals surface area contributed by atoms with Gasteiger partial charge in [-0.15, -0.1) is 10.2 Å². The van der Waals surface area contributed by atoms with Gasteiger partial charge in [0.1, 0.15) is 5.82 Å². The first kappa shape index (κ1) is 14.8. The summed E-state index contributed by atoms with van der Waals surface area (Å²) in [5.74, 6) is 1.32. The zero-order valence-electron chi connectivity index (χ0n) is 12.0. The third kappa shape index (κ3) is 2.44. The number of thioether (sulfide) groups is 1. The maximum Gasteiger partial charge on any atom is 0.267 e. The summed E-state index contributed by atoms with van der Waals surface area (Å²) < 4.78 is 4.43. The van der Waals surface area contributed by atoms with E-state index in [1.807, 2.05) is 10.8 Å². The average molecular weight is 370 g/mol. The van der Waals surface area contributed by atoms with Crippen LogP contribution in [0, 0.1) is 0 Å². The van der Waals surface area contributed by atoms with Gasteiger partial charge in [0.05, 0.1) is 10.2 Å². The predicted octanol–water partition coefficient (Wildman–Crippen LogP) is 2.78. The van der Waals surface area contributed by atoms with E-state index >= 15 is 0 Å². The summed E-state index contributed by atoms with van der Waals surface area (Å²) in [6.45, 7) is 2.97. The Balaban J connectivity index is 2.22. The maximum atomic E-state index is 12.7. The Morgan fingerprint density at radius 1 is 1.33 bits per heavy atom. The molecule has 2 aromatic heterocycles. The van der Waals surface area contributed by atoms with Crippen molar-refractivity contribution in [1.82, 2.24) is 19.2 Å². The van der Waals surface area contributed by atoms with Crippen LogP contribution in [0.4, 0.5) is 5.82 Å². The number of aromatic nitrogens is 4. The molecule has 1 aliphatic rings. The summed E-state index contributed by atoms with van der Waals surface area (Å²) in [6, 6.07) is 0. The quantitative estimate of drug-likeness (QED) is 0.600. The molecule has 0 bridgehead atoms. The number of hydrogen-bond acceptors (Lipinski definition) is 5. The molecule has 8 heteroatoms. The molecule has 2 aromatic rings. The van der Waals surface area contributed by atoms with Gasteiger partial charge in [0, 0.05) is 13.0 Å². The molecule has 0 amide bonds. The van der Waals surface area contributed by atoms with Gasteiger partial charge in [0.2, 0.25) is 5.78 Å². The van der Waals surface area contributed by atoms with Gasteiger partial charge >= 0.3 is 0 Å². The van der Waals surface area contributed by atoms with Gasteiger partial charge in [0.25, 0.3) is 5.56 Å². The highest BCUT2D eigenvalue weighted by Crippen LogP contribution is 2.28. The summed E-state index contributed by atoms with van der Waals surface area (Å²) in [5.41, 5.74) is 0.667. The molecular weight excluding hydrogens is 354 g/mol. The van der Waals surface area contributed by atoms with Crippen molar-refractivity contribution in [2.75, 3.05) is 6.26 Å². The highest BCUT2D eigenvalue weighted by atomic mass is 79.9. The van der Waals surface area contributed by atoms with Gasteiger partial charge in [-0.3, -0.25) is 9.36 Å². The van der Waals surface area contributed by atoms with Crippen LogP contribution in [-0.2, 0) is 13.0 Å². The van der Waals surface area contributed by atoms with Gasteiger partial charge in [-0.1, -0.05) is 31.5 Å². The van der Waals surface area contributed by atoms with Crippen LogP contribution in [0.5, 0.6) is 0 Å². The minimum absolute atomic E-state index is 0.0562. The van der Waals surface area contributed by atoms with Crippen molar-refractivity contribution in [3.05, 3.63) is 15.9 Å². The Hall–Kier alpha value is -1.15. The van der Waals surface area contributed by atoms with Crippen LogP contribution in [0.15, 0.2) is 14.9 Å². The fraction of sp³-hybridized carbons (Fsp3) is 0.538. The fourth-order valence-electron chi connectivity index (χ4n) is 2.54. The summed E-state index contributed by atoms with van der Waals surface area (Å²) in [5, 5.41) is 8.95. The number of nitrogens with zero attached hydrogens (tertiary/aromatic N) is 5. The Labute approximate surface area is 134 Å². The zero-order chi connectivity index (χ0) is 15.0. The largest absolute Gasteiger partial charge is 0.294 e. The molecular formula is C13H16BrN5OS. The molecule has 1 aliphatic heterocycles. The second-order valence-corrected chi connectivity index (χ2v) is 6.64. The van der Waals surface area contributed by atoms with Crippen molar-refractivity contribution in [3.63, 3.8) is 0 Å². The molecule has 0 spiro atoms. The number of halogens is 1. The standard InChI is InChI=1S/C13H16BrN5OS/c1-3-4-5-6-18-10-8(7-9(14)15-10)11(20)19-12(18)16-17-13(19)21-2/h3-7H2,1-2H3. The molecule has 0 fully saturated rings. The first-order chi connectivity index (χ1) is 10.2. The second-order valence-electron chi connectivity index (χ2n) is 4.95. The monoisotopic (exact) mass is 369 g/mol. The van der Waals surface area contributed by atoms with E-state index in [9.17, 15) is 4.79 Å². The van der Waals surface area contributed by atoms with E-state index in [0.29, 0.717) is 17.4 Å². The first-order valence-corrected chi connectivity index (χ1v) is 8.97. The Bertz CT molecular complexity index is 779. The van der Waals surface area contributed by atoms with Crippen molar-refractivity contribution in [1.29, 1.82) is 0 Å². The van der Waals surface area contributed by atoms with Crippen LogP contribution in [0.1, 0.15) is 31.7 Å². The van der Waals surface area contributed by atoms with Gasteiger partial charge in [-0.25, -0.2) is 9.39 Å². The van der Waals surface area contributed by atoms with Crippen LogP contribution in [0.3, 0.4) is 0 Å². The highest BCUT2D eigenvalue weighted by Gasteiger charge is 2.25. The average Bonchev–Trinajstić information content (AvgIpc) is 3.06. The molecule has 0 aliphatic carbocycles. The van der Waals surface area contributed by atoms with E-state index in [2.05, 4.69) is 38.0 Å². The lowest BCUT2D eigenvalue weighted by Crippen LogP contribution is -2.22. The number of unbranched alkanes of at least 4 members (excludes halogenated alkanes) is 2. The van der Waals surface area contributed by atoms with Crippen molar-refractivity contribution in [3.8, 4) is 0 Å². The Kier molecular flexibility index (Phi) is 4.17. The minimum Gasteiger partial charge on any atom is -0.294 e. The molecule has 0 radical (unpaired) electrons. The van der Waals surface area contributed by atoms with Crippen LogP contribution in [0.2, 0.25) is 0 Å². The number of aryl methyl sites for hydroxylation is 1. The lowest BCUT2D eigenvalue weighted by molar-refractivity contribution is 0.602. The molecule has 112 valence electrons. The molecule has 0 saturated carbocycles. The lowest BCUT2D eigenvalue weighted by Gasteiger charge is -2.12. The highest BCUT2D eigenvalue weighted by molar-refractivity contribution is 9.18. The smallest absolute Gasteiger partial charge is 0.267 e. The maximum absolute atomic E-state index is 12.7. The molecule has 0 N–H and O–H groups in total. The molecule has 0 aromatic carbocycles. The third-order valence-corrected chi connectivity index (χ3v) is 4.65. The van der Waals surface area contributed by atoms with Gasteiger partial charge in [0.15, 0.2) is 5.16 Å². The first-order valence-electron chi connectivity index (χ1n) is 6.95. The van der Waals surface area contributed by atoms with Gasteiger partial charge in [-0.05, 0) is 28.6 Å². The van der Waals surface area contributed by atoms with Crippen LogP contribution < -0.4 is 5.56 Å². The van der Waals surface area contributed by atoms with Crippen molar-refractivity contribution in [2.45, 2.75) is 44.3 Å². The molecule has 0 atom stereocenters. The molecule has 3 rings (SSSR count). The molecule has 0 saturated heterocycles. The lowest BCUT2D eigenvalue weighted by atomic mass is 10.2. The van der Waals surface area contributed by atoms with Gasteiger partial charge < -0.3 is 0 Å². The van der Waals surface area contributed by atoms with Gasteiger partial charge in [-0.2, -0.15) is 0 Å². The Morgan fingerprint density at radius 3 is 2.86 bits per heavy atom. The molecule has 3 heterocycles. The van der Waals surface area contributed by atoms with E-state index in [0.717, 1.165) is 41.8 Å². The van der Waals surface area contributed by atoms with E-state index in [1.165, 1.54) is 11.8 Å². The molecule has 21 heavy (non-hydrogen) atoms. The van der Waals surface area contributed by atoms with E-state index in [-0.39, 0.29) is 5.56 Å². The Morgan fingerprint density at radius 2 is 2.14 bits per heavy atom. The van der Waals surface area contributed by atoms with Crippen LogP contribution in [-0.4, -0.2) is 30.0 Å². The molecule has 6 nitrogen and oxygen atoms in total. The minimum atomic E-state index is -0.0562. The summed E-state index contributed by atoms with van der Waals surface area (Å²) in [7, 11) is 0. The third-order valence-electron chi connectivity index (χ3n) is 3.56. The second kappa shape index (κ2) is 5.92. The van der Waals surface area contributed by atoms with E-state index in [1.54, 1.807) is 4.40 Å². The molecule has 0 unspecified atom stereocenters. The SMILES string of the molecule is CCCCCn1c2c(c(=O)n3c(SC)nnc13)CC(Br)=N2. The van der Waals surface area contributed by atoms with E-state index in [4.69, 9.17) is 0 Å². The predicted molar refractivity (Wildman–Crippen MR) is 88.3 cm³/mol. The van der Waals surface area contributed by atoms with Crippen molar-refractivity contribution < 1.29 is 0 Å². The summed E-state index contributed by atoms with van der Waals surface area (Å²) >= 11 is 4.84. The van der Waals surface area contributed by atoms with E-state index < -0.39 is 0 Å². The zero-order valence-corrected chi connectivity index (χ0v) is 14.4. The summed E-state index contributed by atoms with van der Waals surface area (Å²) in [6.07, 6.45) is 5.77. The van der Waals surface area contributed by atoms with Crippen LogP contribution >= 0.6 is 27.7 Å². The number of aliphatic imine (C=N–C) groups is 1. The topological polar surface area (TPSA) is 64.5 Å². The number of fused-ring (bicyclic) bond motifs is 2. The number of hydrogen-bond donors (Lipinski definition) is 0. The fourth-order valence-corrected chi connectivity index (χ4v) is 3.46. The number of rotatable bonds is 5.